The van der Waals surface area contributed by atoms with Crippen LogP contribution in [0.15, 0.2) is 12.3 Å². The first-order valence-electron chi connectivity index (χ1n) is 6.71. The van der Waals surface area contributed by atoms with Crippen molar-refractivity contribution in [3.8, 4) is 0 Å². The van der Waals surface area contributed by atoms with Crippen LogP contribution in [0.3, 0.4) is 0 Å². The Morgan fingerprint density at radius 2 is 2.00 bits per heavy atom. The lowest BCUT2D eigenvalue weighted by Crippen LogP contribution is -2.31. The van der Waals surface area contributed by atoms with Crippen molar-refractivity contribution in [2.75, 3.05) is 11.1 Å². The van der Waals surface area contributed by atoms with Crippen LogP contribution < -0.4 is 11.1 Å². The maximum absolute atomic E-state index is 11.0. The molecule has 0 saturated heterocycles. The maximum atomic E-state index is 11.0. The highest BCUT2D eigenvalue weighted by Crippen LogP contribution is 2.31. The summed E-state index contributed by atoms with van der Waals surface area (Å²) < 4.78 is 0. The van der Waals surface area contributed by atoms with Crippen LogP contribution in [0.1, 0.15) is 43.5 Å². The molecular weight excluding hydrogens is 242 g/mol. The van der Waals surface area contributed by atoms with Crippen LogP contribution in [0.2, 0.25) is 0 Å². The average molecular weight is 263 g/mol. The first-order valence-corrected chi connectivity index (χ1v) is 6.71. The molecular formula is C14H21N3O2. The van der Waals surface area contributed by atoms with E-state index in [0.717, 1.165) is 12.8 Å². The molecule has 1 aliphatic rings. The Balaban J connectivity index is 2.15. The summed E-state index contributed by atoms with van der Waals surface area (Å²) >= 11 is 0. The van der Waals surface area contributed by atoms with E-state index in [1.165, 1.54) is 18.7 Å². The Morgan fingerprint density at radius 3 is 2.58 bits per heavy atom. The van der Waals surface area contributed by atoms with Gasteiger partial charge in [-0.15, -0.1) is 0 Å². The molecule has 5 heteroatoms. The fraction of sp³-hybridized carbons (Fsp3) is 0.571. The summed E-state index contributed by atoms with van der Waals surface area (Å²) in [6.07, 6.45) is 4.87. The highest BCUT2D eigenvalue weighted by molar-refractivity contribution is 5.96. The van der Waals surface area contributed by atoms with Crippen LogP contribution >= 0.6 is 0 Å². The predicted molar refractivity (Wildman–Crippen MR) is 75.2 cm³/mol. The van der Waals surface area contributed by atoms with E-state index in [1.807, 2.05) is 0 Å². The molecule has 0 radical (unpaired) electrons. The molecule has 0 spiro atoms. The minimum atomic E-state index is -1.02. The zero-order valence-corrected chi connectivity index (χ0v) is 11.4. The highest BCUT2D eigenvalue weighted by atomic mass is 16.4. The van der Waals surface area contributed by atoms with Gasteiger partial charge in [0.2, 0.25) is 0 Å². The van der Waals surface area contributed by atoms with Gasteiger partial charge >= 0.3 is 5.97 Å². The van der Waals surface area contributed by atoms with Gasteiger partial charge in [-0.05, 0) is 37.2 Å². The van der Waals surface area contributed by atoms with Crippen LogP contribution in [0.5, 0.6) is 0 Å². The van der Waals surface area contributed by atoms with E-state index < -0.39 is 5.97 Å². The summed E-state index contributed by atoms with van der Waals surface area (Å²) in [5, 5.41) is 12.4. The number of nitrogens with two attached hydrogens (primary N) is 1. The fourth-order valence-corrected chi connectivity index (χ4v) is 3.03. The molecule has 5 nitrogen and oxygen atoms in total. The standard InChI is InChI=1S/C14H21N3O2/c1-8-5-9(2)7-10(6-8)17-13-12(15)11(14(18)19)3-4-16-13/h3-4,8-10H,5-7,15H2,1-2H3,(H,16,17)(H,18,19). The molecule has 4 N–H and O–H groups in total. The van der Waals surface area contributed by atoms with Crippen molar-refractivity contribution < 1.29 is 9.90 Å². The number of carbonyl (C=O) groups is 1. The van der Waals surface area contributed by atoms with Crippen LogP contribution in [0.4, 0.5) is 11.5 Å². The van der Waals surface area contributed by atoms with Crippen LogP contribution in [0.25, 0.3) is 0 Å². The third kappa shape index (κ3) is 3.16. The molecule has 0 bridgehead atoms. The van der Waals surface area contributed by atoms with E-state index in [0.29, 0.717) is 23.7 Å². The minimum absolute atomic E-state index is 0.106. The Kier molecular flexibility index (Phi) is 3.93. The van der Waals surface area contributed by atoms with Gasteiger partial charge in [0.1, 0.15) is 5.82 Å². The van der Waals surface area contributed by atoms with Crippen molar-refractivity contribution in [1.29, 1.82) is 0 Å². The number of nitrogen functional groups attached to an aromatic ring is 1. The van der Waals surface area contributed by atoms with Gasteiger partial charge < -0.3 is 16.2 Å². The summed E-state index contributed by atoms with van der Waals surface area (Å²) in [6, 6.07) is 1.74. The Bertz CT molecular complexity index is 466. The summed E-state index contributed by atoms with van der Waals surface area (Å²) in [7, 11) is 0. The van der Waals surface area contributed by atoms with Crippen molar-refractivity contribution in [2.45, 2.75) is 39.2 Å². The van der Waals surface area contributed by atoms with E-state index >= 15 is 0 Å². The minimum Gasteiger partial charge on any atom is -0.478 e. The van der Waals surface area contributed by atoms with Gasteiger partial charge in [0.25, 0.3) is 0 Å². The number of nitrogens with one attached hydrogen (secondary N) is 1. The molecule has 1 aromatic rings. The second kappa shape index (κ2) is 5.47. The molecule has 2 unspecified atom stereocenters. The van der Waals surface area contributed by atoms with Crippen molar-refractivity contribution in [3.05, 3.63) is 17.8 Å². The smallest absolute Gasteiger partial charge is 0.337 e. The van der Waals surface area contributed by atoms with E-state index in [2.05, 4.69) is 24.1 Å². The zero-order chi connectivity index (χ0) is 14.0. The average Bonchev–Trinajstić information content (AvgIpc) is 2.30. The van der Waals surface area contributed by atoms with Crippen LogP contribution in [-0.2, 0) is 0 Å². The second-order valence-electron chi connectivity index (χ2n) is 5.68. The molecule has 0 aliphatic heterocycles. The molecule has 2 atom stereocenters. The molecule has 1 heterocycles. The monoisotopic (exact) mass is 263 g/mol. The number of hydrogen-bond donors (Lipinski definition) is 3. The molecule has 1 aliphatic carbocycles. The third-order valence-corrected chi connectivity index (χ3v) is 3.74. The molecule has 104 valence electrons. The third-order valence-electron chi connectivity index (χ3n) is 3.74. The van der Waals surface area contributed by atoms with Crippen LogP contribution in [-0.4, -0.2) is 22.1 Å². The topological polar surface area (TPSA) is 88.2 Å². The van der Waals surface area contributed by atoms with Gasteiger partial charge in [-0.25, -0.2) is 9.78 Å². The number of aromatic carboxylic acids is 1. The lowest BCUT2D eigenvalue weighted by atomic mass is 9.80. The van der Waals surface area contributed by atoms with Crippen LogP contribution in [0, 0.1) is 11.8 Å². The van der Waals surface area contributed by atoms with E-state index in [4.69, 9.17) is 10.8 Å². The molecule has 1 fully saturated rings. The number of nitrogens with zero attached hydrogens (tertiary/aromatic N) is 1. The fourth-order valence-electron chi connectivity index (χ4n) is 3.03. The largest absolute Gasteiger partial charge is 0.478 e. The molecule has 0 aromatic carbocycles. The number of carboxylic acid groups (broad SMARTS) is 1. The first kappa shape index (κ1) is 13.6. The van der Waals surface area contributed by atoms with E-state index in [9.17, 15) is 4.79 Å². The van der Waals surface area contributed by atoms with E-state index in [1.54, 1.807) is 0 Å². The normalized spacial score (nSPS) is 26.9. The van der Waals surface area contributed by atoms with Crippen molar-refractivity contribution in [1.82, 2.24) is 4.98 Å². The van der Waals surface area contributed by atoms with Gasteiger partial charge in [0.15, 0.2) is 0 Å². The maximum Gasteiger partial charge on any atom is 0.337 e. The summed E-state index contributed by atoms with van der Waals surface area (Å²) in [4.78, 5) is 15.2. The molecule has 0 amide bonds. The number of pyridine rings is 1. The Hall–Kier alpha value is -1.78. The van der Waals surface area contributed by atoms with Gasteiger partial charge in [0, 0.05) is 12.2 Å². The van der Waals surface area contributed by atoms with Gasteiger partial charge in [0.05, 0.1) is 11.3 Å². The van der Waals surface area contributed by atoms with Gasteiger partial charge in [-0.1, -0.05) is 13.8 Å². The Labute approximate surface area is 113 Å². The summed E-state index contributed by atoms with van der Waals surface area (Å²) in [5.74, 6) is 0.815. The second-order valence-corrected chi connectivity index (χ2v) is 5.68. The quantitative estimate of drug-likeness (QED) is 0.780. The number of rotatable bonds is 3. The number of carboxylic acids is 1. The molecule has 1 saturated carbocycles. The summed E-state index contributed by atoms with van der Waals surface area (Å²) in [5.41, 5.74) is 6.19. The molecule has 19 heavy (non-hydrogen) atoms. The number of anilines is 2. The summed E-state index contributed by atoms with van der Waals surface area (Å²) in [6.45, 7) is 4.49. The predicted octanol–water partition coefficient (Wildman–Crippen LogP) is 2.60. The number of aromatic nitrogens is 1. The lowest BCUT2D eigenvalue weighted by molar-refractivity contribution is 0.0698. The first-order chi connectivity index (χ1) is 8.97. The van der Waals surface area contributed by atoms with Gasteiger partial charge in [-0.3, -0.25) is 0 Å². The molecule has 2 rings (SSSR count). The van der Waals surface area contributed by atoms with Gasteiger partial charge in [-0.2, -0.15) is 0 Å². The lowest BCUT2D eigenvalue weighted by Gasteiger charge is -2.32. The van der Waals surface area contributed by atoms with Crippen molar-refractivity contribution in [3.63, 3.8) is 0 Å². The highest BCUT2D eigenvalue weighted by Gasteiger charge is 2.25. The Morgan fingerprint density at radius 1 is 1.37 bits per heavy atom. The zero-order valence-electron chi connectivity index (χ0n) is 11.4. The number of hydrogen-bond acceptors (Lipinski definition) is 4. The van der Waals surface area contributed by atoms with E-state index in [-0.39, 0.29) is 11.3 Å². The molecule has 1 aromatic heterocycles. The SMILES string of the molecule is CC1CC(C)CC(Nc2nccc(C(=O)O)c2N)C1. The van der Waals surface area contributed by atoms with Crippen molar-refractivity contribution in [2.24, 2.45) is 11.8 Å². The van der Waals surface area contributed by atoms with Crippen molar-refractivity contribution >= 4 is 17.5 Å².